The number of nitrogens with one attached hydrogen (secondary N) is 1. The SMILES string of the molecule is O=C(CCCBr)NCCN1CCN(S(=O)(=O)c2ccccc2)CC1. The lowest BCUT2D eigenvalue weighted by Crippen LogP contribution is -2.50. The van der Waals surface area contributed by atoms with Gasteiger partial charge in [0, 0.05) is 51.0 Å². The summed E-state index contributed by atoms with van der Waals surface area (Å²) in [5.74, 6) is 0.0692. The van der Waals surface area contributed by atoms with E-state index < -0.39 is 10.0 Å². The standard InChI is InChI=1S/C16H24BrN3O3S/c17-8-4-7-16(21)18-9-10-19-11-13-20(14-12-19)24(22,23)15-5-2-1-3-6-15/h1-3,5-6H,4,7-14H2,(H,18,21). The Morgan fingerprint density at radius 1 is 1.12 bits per heavy atom. The topological polar surface area (TPSA) is 69.7 Å². The predicted molar refractivity (Wildman–Crippen MR) is 97.7 cm³/mol. The minimum absolute atomic E-state index is 0.0692. The number of rotatable bonds is 8. The Labute approximate surface area is 152 Å². The van der Waals surface area contributed by atoms with Gasteiger partial charge in [-0.2, -0.15) is 4.31 Å². The summed E-state index contributed by atoms with van der Waals surface area (Å²) in [5.41, 5.74) is 0. The van der Waals surface area contributed by atoms with Gasteiger partial charge in [0.05, 0.1) is 4.90 Å². The van der Waals surface area contributed by atoms with Gasteiger partial charge in [0.2, 0.25) is 15.9 Å². The molecule has 0 aliphatic carbocycles. The third kappa shape index (κ3) is 5.54. The summed E-state index contributed by atoms with van der Waals surface area (Å²) in [6.45, 7) is 3.68. The predicted octanol–water partition coefficient (Wildman–Crippen LogP) is 1.28. The molecule has 0 aromatic heterocycles. The number of carbonyl (C=O) groups is 1. The maximum atomic E-state index is 12.5. The van der Waals surface area contributed by atoms with Crippen molar-refractivity contribution in [3.8, 4) is 0 Å². The average molecular weight is 418 g/mol. The molecule has 1 N–H and O–H groups in total. The Hall–Kier alpha value is -0.960. The highest BCUT2D eigenvalue weighted by atomic mass is 79.9. The normalized spacial score (nSPS) is 16.9. The molecule has 1 aliphatic heterocycles. The quantitative estimate of drug-likeness (QED) is 0.646. The minimum atomic E-state index is -3.40. The lowest BCUT2D eigenvalue weighted by molar-refractivity contribution is -0.121. The summed E-state index contributed by atoms with van der Waals surface area (Å²) in [6, 6.07) is 8.54. The number of benzene rings is 1. The van der Waals surface area contributed by atoms with Crippen molar-refractivity contribution in [3.05, 3.63) is 30.3 Å². The van der Waals surface area contributed by atoms with E-state index in [9.17, 15) is 13.2 Å². The molecule has 1 amide bonds. The number of piperazine rings is 1. The molecule has 0 atom stereocenters. The maximum Gasteiger partial charge on any atom is 0.243 e. The van der Waals surface area contributed by atoms with E-state index in [1.807, 2.05) is 6.07 Å². The summed E-state index contributed by atoms with van der Waals surface area (Å²) < 4.78 is 26.6. The van der Waals surface area contributed by atoms with Crippen molar-refractivity contribution in [2.24, 2.45) is 0 Å². The molecular weight excluding hydrogens is 394 g/mol. The molecule has 1 aromatic carbocycles. The third-order valence-corrected chi connectivity index (χ3v) is 6.47. The zero-order chi connectivity index (χ0) is 17.4. The first-order chi connectivity index (χ1) is 11.5. The van der Waals surface area contributed by atoms with E-state index in [1.165, 1.54) is 4.31 Å². The van der Waals surface area contributed by atoms with Crippen molar-refractivity contribution in [2.45, 2.75) is 17.7 Å². The Morgan fingerprint density at radius 2 is 1.79 bits per heavy atom. The van der Waals surface area contributed by atoms with Gasteiger partial charge >= 0.3 is 0 Å². The lowest BCUT2D eigenvalue weighted by Gasteiger charge is -2.33. The zero-order valence-corrected chi connectivity index (χ0v) is 16.1. The van der Waals surface area contributed by atoms with Gasteiger partial charge in [-0.15, -0.1) is 0 Å². The largest absolute Gasteiger partial charge is 0.355 e. The van der Waals surface area contributed by atoms with Crippen LogP contribution in [0.1, 0.15) is 12.8 Å². The number of alkyl halides is 1. The summed E-state index contributed by atoms with van der Waals surface area (Å²) >= 11 is 3.31. The van der Waals surface area contributed by atoms with Crippen LogP contribution in [-0.4, -0.2) is 68.1 Å². The molecular formula is C16H24BrN3O3S. The zero-order valence-electron chi connectivity index (χ0n) is 13.7. The average Bonchev–Trinajstić information content (AvgIpc) is 2.61. The first kappa shape index (κ1) is 19.4. The van der Waals surface area contributed by atoms with Crippen molar-refractivity contribution in [2.75, 3.05) is 44.6 Å². The van der Waals surface area contributed by atoms with Crippen LogP contribution in [0.5, 0.6) is 0 Å². The molecule has 0 saturated carbocycles. The molecule has 0 bridgehead atoms. The van der Waals surface area contributed by atoms with Crippen LogP contribution in [0.2, 0.25) is 0 Å². The van der Waals surface area contributed by atoms with Crippen LogP contribution >= 0.6 is 15.9 Å². The van der Waals surface area contributed by atoms with Crippen molar-refractivity contribution in [1.29, 1.82) is 0 Å². The van der Waals surface area contributed by atoms with E-state index in [-0.39, 0.29) is 5.91 Å². The van der Waals surface area contributed by atoms with Gasteiger partial charge in [-0.05, 0) is 18.6 Å². The van der Waals surface area contributed by atoms with Crippen LogP contribution in [0.4, 0.5) is 0 Å². The summed E-state index contributed by atoms with van der Waals surface area (Å²) in [5, 5.41) is 3.73. The highest BCUT2D eigenvalue weighted by Gasteiger charge is 2.27. The van der Waals surface area contributed by atoms with Crippen LogP contribution in [-0.2, 0) is 14.8 Å². The van der Waals surface area contributed by atoms with Gasteiger partial charge in [-0.3, -0.25) is 9.69 Å². The van der Waals surface area contributed by atoms with Gasteiger partial charge < -0.3 is 5.32 Å². The number of carbonyl (C=O) groups excluding carboxylic acids is 1. The van der Waals surface area contributed by atoms with Gasteiger partial charge in [-0.25, -0.2) is 8.42 Å². The van der Waals surface area contributed by atoms with Crippen LogP contribution < -0.4 is 5.32 Å². The highest BCUT2D eigenvalue weighted by molar-refractivity contribution is 9.09. The molecule has 24 heavy (non-hydrogen) atoms. The summed E-state index contributed by atoms with van der Waals surface area (Å²) in [6.07, 6.45) is 1.37. The molecule has 1 aliphatic rings. The molecule has 8 heteroatoms. The van der Waals surface area contributed by atoms with Gasteiger partial charge in [0.15, 0.2) is 0 Å². The van der Waals surface area contributed by atoms with Crippen molar-refractivity contribution < 1.29 is 13.2 Å². The van der Waals surface area contributed by atoms with E-state index in [2.05, 4.69) is 26.1 Å². The van der Waals surface area contributed by atoms with E-state index in [1.54, 1.807) is 24.3 Å². The molecule has 1 fully saturated rings. The Kier molecular flexibility index (Phi) is 7.67. The van der Waals surface area contributed by atoms with Gasteiger partial charge in [-0.1, -0.05) is 34.1 Å². The molecule has 1 saturated heterocycles. The van der Waals surface area contributed by atoms with Crippen LogP contribution in [0.3, 0.4) is 0 Å². The number of halogens is 1. The van der Waals surface area contributed by atoms with E-state index in [4.69, 9.17) is 0 Å². The summed E-state index contributed by atoms with van der Waals surface area (Å²) in [7, 11) is -3.40. The lowest BCUT2D eigenvalue weighted by atomic mass is 10.3. The molecule has 1 heterocycles. The Balaban J connectivity index is 1.75. The van der Waals surface area contributed by atoms with E-state index in [0.29, 0.717) is 44.0 Å². The first-order valence-corrected chi connectivity index (χ1v) is 10.7. The van der Waals surface area contributed by atoms with Crippen LogP contribution in [0, 0.1) is 0 Å². The van der Waals surface area contributed by atoms with E-state index >= 15 is 0 Å². The molecule has 134 valence electrons. The van der Waals surface area contributed by atoms with Crippen LogP contribution in [0.15, 0.2) is 35.2 Å². The number of hydrogen-bond acceptors (Lipinski definition) is 4. The second-order valence-electron chi connectivity index (χ2n) is 5.70. The molecule has 6 nitrogen and oxygen atoms in total. The fourth-order valence-electron chi connectivity index (χ4n) is 2.60. The van der Waals surface area contributed by atoms with Crippen LogP contribution in [0.25, 0.3) is 0 Å². The monoisotopic (exact) mass is 417 g/mol. The Bertz CT molecular complexity index is 617. The smallest absolute Gasteiger partial charge is 0.243 e. The Morgan fingerprint density at radius 3 is 2.42 bits per heavy atom. The second-order valence-corrected chi connectivity index (χ2v) is 8.43. The molecule has 0 radical (unpaired) electrons. The number of nitrogens with zero attached hydrogens (tertiary/aromatic N) is 2. The van der Waals surface area contributed by atoms with Crippen molar-refractivity contribution in [1.82, 2.24) is 14.5 Å². The minimum Gasteiger partial charge on any atom is -0.355 e. The highest BCUT2D eigenvalue weighted by Crippen LogP contribution is 2.16. The fourth-order valence-corrected chi connectivity index (χ4v) is 4.33. The third-order valence-electron chi connectivity index (χ3n) is 4.00. The van der Waals surface area contributed by atoms with Crippen molar-refractivity contribution in [3.63, 3.8) is 0 Å². The molecule has 0 spiro atoms. The number of hydrogen-bond donors (Lipinski definition) is 1. The second kappa shape index (κ2) is 9.50. The van der Waals surface area contributed by atoms with Crippen molar-refractivity contribution >= 4 is 31.9 Å². The fraction of sp³-hybridized carbons (Fsp3) is 0.562. The molecule has 0 unspecified atom stereocenters. The molecule has 1 aromatic rings. The van der Waals surface area contributed by atoms with Gasteiger partial charge in [0.1, 0.15) is 0 Å². The van der Waals surface area contributed by atoms with Gasteiger partial charge in [0.25, 0.3) is 0 Å². The number of sulfonamides is 1. The number of amides is 1. The van der Waals surface area contributed by atoms with E-state index in [0.717, 1.165) is 18.3 Å². The summed E-state index contributed by atoms with van der Waals surface area (Å²) in [4.78, 5) is 14.1. The molecule has 2 rings (SSSR count). The maximum absolute atomic E-state index is 12.5. The first-order valence-electron chi connectivity index (χ1n) is 8.14.